The van der Waals surface area contributed by atoms with Crippen molar-refractivity contribution < 1.29 is 27.1 Å². The second-order valence-corrected chi connectivity index (χ2v) is 6.07. The lowest BCUT2D eigenvalue weighted by Gasteiger charge is -2.09. The highest BCUT2D eigenvalue weighted by Gasteiger charge is 2.29. The van der Waals surface area contributed by atoms with E-state index in [1.54, 1.807) is 0 Å². The lowest BCUT2D eigenvalue weighted by Crippen LogP contribution is -2.27. The molecule has 1 aromatic carbocycles. The number of hydrogen-bond acceptors (Lipinski definition) is 3. The van der Waals surface area contributed by atoms with Crippen LogP contribution in [0.1, 0.15) is 23.2 Å². The van der Waals surface area contributed by atoms with E-state index in [2.05, 4.69) is 4.72 Å². The molecule has 1 fully saturated rings. The molecule has 19 heavy (non-hydrogen) atoms. The Hall–Kier alpha value is -1.54. The monoisotopic (exact) mass is 291 g/mol. The Morgan fingerprint density at radius 2 is 2.00 bits per heavy atom. The minimum Gasteiger partial charge on any atom is -0.477 e. The maximum Gasteiger partial charge on any atom is 0.341 e. The first-order valence-electron chi connectivity index (χ1n) is 5.54. The zero-order chi connectivity index (χ0) is 14.2. The molecule has 0 radical (unpaired) electrons. The zero-order valence-electron chi connectivity index (χ0n) is 9.69. The average Bonchev–Trinajstić information content (AvgIpc) is 3.09. The zero-order valence-corrected chi connectivity index (χ0v) is 10.5. The summed E-state index contributed by atoms with van der Waals surface area (Å²) in [7, 11) is -4.17. The van der Waals surface area contributed by atoms with Gasteiger partial charge in [0, 0.05) is 6.54 Å². The number of sulfonamides is 1. The molecule has 0 atom stereocenters. The van der Waals surface area contributed by atoms with Crippen LogP contribution in [0.15, 0.2) is 17.0 Å². The van der Waals surface area contributed by atoms with Crippen LogP contribution in [-0.4, -0.2) is 26.0 Å². The van der Waals surface area contributed by atoms with E-state index in [4.69, 9.17) is 5.11 Å². The summed E-state index contributed by atoms with van der Waals surface area (Å²) in [6.45, 7) is 0.168. The van der Waals surface area contributed by atoms with Crippen molar-refractivity contribution in [2.45, 2.75) is 17.7 Å². The predicted octanol–water partition coefficient (Wildman–Crippen LogP) is 1.35. The molecular formula is C11H11F2NO4S. The van der Waals surface area contributed by atoms with Crippen molar-refractivity contribution in [3.8, 4) is 0 Å². The van der Waals surface area contributed by atoms with E-state index in [1.165, 1.54) is 0 Å². The predicted molar refractivity (Wildman–Crippen MR) is 61.2 cm³/mol. The molecule has 2 N–H and O–H groups in total. The second-order valence-electron chi connectivity index (χ2n) is 4.33. The highest BCUT2D eigenvalue weighted by atomic mass is 32.2. The SMILES string of the molecule is O=C(O)c1c(F)ccc(S(=O)(=O)NCC2CC2)c1F. The van der Waals surface area contributed by atoms with E-state index in [0.717, 1.165) is 12.8 Å². The first-order valence-corrected chi connectivity index (χ1v) is 7.02. The molecule has 1 aliphatic carbocycles. The standard InChI is InChI=1S/C11H11F2NO4S/c12-7-3-4-8(10(13)9(7)11(15)16)19(17,18)14-5-6-1-2-6/h3-4,6,14H,1-2,5H2,(H,15,16). The Morgan fingerprint density at radius 1 is 1.37 bits per heavy atom. The number of hydrogen-bond donors (Lipinski definition) is 2. The molecular weight excluding hydrogens is 280 g/mol. The molecule has 0 bridgehead atoms. The fraction of sp³-hybridized carbons (Fsp3) is 0.364. The molecule has 104 valence electrons. The minimum absolute atomic E-state index is 0.168. The van der Waals surface area contributed by atoms with E-state index >= 15 is 0 Å². The third kappa shape index (κ3) is 2.90. The van der Waals surface area contributed by atoms with Gasteiger partial charge in [-0.3, -0.25) is 0 Å². The molecule has 0 saturated heterocycles. The fourth-order valence-electron chi connectivity index (χ4n) is 1.56. The first kappa shape index (κ1) is 13.9. The Balaban J connectivity index is 2.38. The van der Waals surface area contributed by atoms with Crippen molar-refractivity contribution >= 4 is 16.0 Å². The molecule has 0 spiro atoms. The van der Waals surface area contributed by atoms with Crippen LogP contribution >= 0.6 is 0 Å². The van der Waals surface area contributed by atoms with E-state index < -0.39 is 38.1 Å². The van der Waals surface area contributed by atoms with Crippen LogP contribution in [-0.2, 0) is 10.0 Å². The van der Waals surface area contributed by atoms with Crippen LogP contribution in [0, 0.1) is 17.6 Å². The van der Waals surface area contributed by atoms with Gasteiger partial charge < -0.3 is 5.11 Å². The summed E-state index contributed by atoms with van der Waals surface area (Å²) in [4.78, 5) is 9.85. The van der Waals surface area contributed by atoms with Crippen molar-refractivity contribution in [1.82, 2.24) is 4.72 Å². The largest absolute Gasteiger partial charge is 0.477 e. The number of benzene rings is 1. The Labute approximate surface area is 108 Å². The van der Waals surface area contributed by atoms with E-state index in [-0.39, 0.29) is 12.5 Å². The molecule has 5 nitrogen and oxygen atoms in total. The number of carboxylic acid groups (broad SMARTS) is 1. The van der Waals surface area contributed by atoms with Gasteiger partial charge in [-0.15, -0.1) is 0 Å². The third-order valence-electron chi connectivity index (χ3n) is 2.82. The van der Waals surface area contributed by atoms with Crippen LogP contribution < -0.4 is 4.72 Å². The normalized spacial score (nSPS) is 15.5. The lowest BCUT2D eigenvalue weighted by molar-refractivity contribution is 0.0685. The van der Waals surface area contributed by atoms with Gasteiger partial charge in [-0.05, 0) is 30.9 Å². The van der Waals surface area contributed by atoms with Crippen molar-refractivity contribution in [2.24, 2.45) is 5.92 Å². The van der Waals surface area contributed by atoms with Crippen LogP contribution in [0.2, 0.25) is 0 Å². The average molecular weight is 291 g/mol. The second kappa shape index (κ2) is 4.86. The minimum atomic E-state index is -4.17. The Morgan fingerprint density at radius 3 is 2.53 bits per heavy atom. The van der Waals surface area contributed by atoms with E-state index in [0.29, 0.717) is 12.1 Å². The summed E-state index contributed by atoms with van der Waals surface area (Å²) in [6, 6.07) is 1.34. The summed E-state index contributed by atoms with van der Waals surface area (Å²) < 4.78 is 52.7. The number of rotatable bonds is 5. The van der Waals surface area contributed by atoms with Gasteiger partial charge in [0.25, 0.3) is 0 Å². The van der Waals surface area contributed by atoms with Gasteiger partial charge in [-0.1, -0.05) is 0 Å². The molecule has 8 heteroatoms. The summed E-state index contributed by atoms with van der Waals surface area (Å²) in [5, 5.41) is 8.67. The third-order valence-corrected chi connectivity index (χ3v) is 4.26. The number of carboxylic acids is 1. The molecule has 0 amide bonds. The maximum absolute atomic E-state index is 13.8. The van der Waals surface area contributed by atoms with Crippen molar-refractivity contribution in [3.63, 3.8) is 0 Å². The van der Waals surface area contributed by atoms with Gasteiger partial charge >= 0.3 is 5.97 Å². The van der Waals surface area contributed by atoms with Crippen molar-refractivity contribution in [2.75, 3.05) is 6.54 Å². The fourth-order valence-corrected chi connectivity index (χ4v) is 2.76. The van der Waals surface area contributed by atoms with Crippen LogP contribution in [0.5, 0.6) is 0 Å². The van der Waals surface area contributed by atoms with Gasteiger partial charge in [-0.25, -0.2) is 26.7 Å². The molecule has 2 rings (SSSR count). The molecule has 0 aromatic heterocycles. The van der Waals surface area contributed by atoms with Gasteiger partial charge in [0.15, 0.2) is 5.82 Å². The molecule has 0 aliphatic heterocycles. The summed E-state index contributed by atoms with van der Waals surface area (Å²) in [5.74, 6) is -4.52. The lowest BCUT2D eigenvalue weighted by atomic mass is 10.2. The molecule has 0 unspecified atom stereocenters. The van der Waals surface area contributed by atoms with Crippen LogP contribution in [0.25, 0.3) is 0 Å². The maximum atomic E-state index is 13.8. The number of nitrogens with one attached hydrogen (secondary N) is 1. The summed E-state index contributed by atoms with van der Waals surface area (Å²) in [5.41, 5.74) is -1.27. The number of carbonyl (C=O) groups is 1. The molecule has 0 heterocycles. The highest BCUT2D eigenvalue weighted by Crippen LogP contribution is 2.28. The van der Waals surface area contributed by atoms with E-state index in [9.17, 15) is 22.0 Å². The highest BCUT2D eigenvalue weighted by molar-refractivity contribution is 7.89. The summed E-state index contributed by atoms with van der Waals surface area (Å²) in [6.07, 6.45) is 1.80. The molecule has 1 saturated carbocycles. The van der Waals surface area contributed by atoms with Gasteiger partial charge in [-0.2, -0.15) is 0 Å². The van der Waals surface area contributed by atoms with Crippen molar-refractivity contribution in [1.29, 1.82) is 0 Å². The topological polar surface area (TPSA) is 83.5 Å². The van der Waals surface area contributed by atoms with Crippen LogP contribution in [0.4, 0.5) is 8.78 Å². The number of aromatic carboxylic acids is 1. The van der Waals surface area contributed by atoms with Gasteiger partial charge in [0.2, 0.25) is 10.0 Å². The smallest absolute Gasteiger partial charge is 0.341 e. The van der Waals surface area contributed by atoms with Gasteiger partial charge in [0.05, 0.1) is 0 Å². The van der Waals surface area contributed by atoms with Crippen molar-refractivity contribution in [3.05, 3.63) is 29.3 Å². The van der Waals surface area contributed by atoms with Gasteiger partial charge in [0.1, 0.15) is 16.3 Å². The molecule has 1 aliphatic rings. The number of halogens is 2. The Kier molecular flexibility index (Phi) is 3.55. The quantitative estimate of drug-likeness (QED) is 0.857. The van der Waals surface area contributed by atoms with Crippen LogP contribution in [0.3, 0.4) is 0 Å². The first-order chi connectivity index (χ1) is 8.83. The summed E-state index contributed by atoms with van der Waals surface area (Å²) >= 11 is 0. The van der Waals surface area contributed by atoms with E-state index in [1.807, 2.05) is 0 Å². The molecule has 1 aromatic rings. The Bertz CT molecular complexity index is 626.